The van der Waals surface area contributed by atoms with E-state index in [1.165, 1.54) is 18.2 Å². The van der Waals surface area contributed by atoms with Gasteiger partial charge < -0.3 is 19.1 Å². The van der Waals surface area contributed by atoms with Gasteiger partial charge in [0, 0.05) is 25.2 Å². The van der Waals surface area contributed by atoms with Gasteiger partial charge in [-0.1, -0.05) is 42.5 Å². The highest BCUT2D eigenvalue weighted by Crippen LogP contribution is 2.12. The van der Waals surface area contributed by atoms with Gasteiger partial charge in [-0.25, -0.2) is 14.4 Å². The van der Waals surface area contributed by atoms with Gasteiger partial charge in [0.05, 0.1) is 6.61 Å². The largest absolute Gasteiger partial charge is 0.458 e. The summed E-state index contributed by atoms with van der Waals surface area (Å²) < 4.78 is 15.3. The smallest absolute Gasteiger partial charge is 0.410 e. The van der Waals surface area contributed by atoms with E-state index in [2.05, 4.69) is 0 Å². The van der Waals surface area contributed by atoms with Crippen molar-refractivity contribution in [3.8, 4) is 0 Å². The maximum Gasteiger partial charge on any atom is 0.410 e. The fourth-order valence-corrected chi connectivity index (χ4v) is 2.69. The van der Waals surface area contributed by atoms with E-state index in [0.717, 1.165) is 11.1 Å². The summed E-state index contributed by atoms with van der Waals surface area (Å²) in [6, 6.07) is 9.34. The first-order chi connectivity index (χ1) is 14.5. The molecule has 0 radical (unpaired) electrons. The van der Waals surface area contributed by atoms with Crippen molar-refractivity contribution in [3.05, 3.63) is 71.8 Å². The van der Waals surface area contributed by atoms with Gasteiger partial charge in [-0.15, -0.1) is 0 Å². The Morgan fingerprint density at radius 1 is 1.10 bits per heavy atom. The van der Waals surface area contributed by atoms with E-state index in [-0.39, 0.29) is 12.7 Å². The molecule has 1 aromatic carbocycles. The van der Waals surface area contributed by atoms with Crippen LogP contribution in [0.2, 0.25) is 0 Å². The molecule has 0 saturated carbocycles. The third-order valence-corrected chi connectivity index (χ3v) is 4.17. The molecular formula is C23H27NO6. The second kappa shape index (κ2) is 12.3. The Morgan fingerprint density at radius 2 is 1.87 bits per heavy atom. The van der Waals surface area contributed by atoms with Crippen molar-refractivity contribution in [3.63, 3.8) is 0 Å². The molecule has 1 aliphatic rings. The molecule has 1 heterocycles. The minimum Gasteiger partial charge on any atom is -0.458 e. The highest BCUT2D eigenvalue weighted by Gasteiger charge is 2.18. The molecule has 1 aliphatic heterocycles. The average molecular weight is 413 g/mol. The molecule has 160 valence electrons. The molecule has 0 fully saturated rings. The molecule has 1 aromatic rings. The summed E-state index contributed by atoms with van der Waals surface area (Å²) >= 11 is 0. The van der Waals surface area contributed by atoms with Crippen LogP contribution in [0, 0.1) is 0 Å². The van der Waals surface area contributed by atoms with Gasteiger partial charge in [0.15, 0.2) is 0 Å². The van der Waals surface area contributed by atoms with Gasteiger partial charge in [-0.05, 0) is 37.5 Å². The third kappa shape index (κ3) is 8.34. The lowest BCUT2D eigenvalue weighted by molar-refractivity contribution is -0.141. The zero-order valence-corrected chi connectivity index (χ0v) is 17.3. The third-order valence-electron chi connectivity index (χ3n) is 4.17. The Balaban J connectivity index is 1.74. The fraction of sp³-hybridized carbons (Fsp3) is 0.348. The summed E-state index contributed by atoms with van der Waals surface area (Å²) in [6.07, 6.45) is 7.33. The van der Waals surface area contributed by atoms with Crippen LogP contribution in [0.15, 0.2) is 66.3 Å². The number of esters is 2. The Morgan fingerprint density at radius 3 is 2.60 bits per heavy atom. The molecular weight excluding hydrogens is 386 g/mol. The summed E-state index contributed by atoms with van der Waals surface area (Å²) in [5.74, 6) is -1.05. The normalized spacial score (nSPS) is 15.0. The lowest BCUT2D eigenvalue weighted by Crippen LogP contribution is -2.36. The topological polar surface area (TPSA) is 82.1 Å². The highest BCUT2D eigenvalue weighted by atomic mass is 16.6. The predicted molar refractivity (Wildman–Crippen MR) is 111 cm³/mol. The van der Waals surface area contributed by atoms with Crippen molar-refractivity contribution in [1.29, 1.82) is 0 Å². The van der Waals surface area contributed by atoms with E-state index < -0.39 is 18.0 Å². The van der Waals surface area contributed by atoms with Crippen LogP contribution in [0.4, 0.5) is 4.79 Å². The number of hydrogen-bond donors (Lipinski definition) is 0. The van der Waals surface area contributed by atoms with Gasteiger partial charge in [0.1, 0.15) is 12.7 Å². The Bertz CT molecular complexity index is 812. The van der Waals surface area contributed by atoms with Gasteiger partial charge in [-0.3, -0.25) is 0 Å². The Kier molecular flexibility index (Phi) is 9.37. The molecule has 0 saturated heterocycles. The van der Waals surface area contributed by atoms with Crippen molar-refractivity contribution in [2.75, 3.05) is 19.7 Å². The van der Waals surface area contributed by atoms with Crippen molar-refractivity contribution < 1.29 is 28.6 Å². The standard InChI is InChI=1S/C23H27NO6/c1-3-28-23(27)24-15-7-10-19(16-24)12-14-22(26)30-18(2)11-13-21(25)29-17-20-8-5-4-6-9-20/h4-6,8-14,18H,3,7,15-17H2,1-2H3/t18-/m1/s1. The minimum atomic E-state index is -0.595. The number of carbonyl (C=O) groups excluding carboxylic acids is 3. The van der Waals surface area contributed by atoms with Crippen LogP contribution in [-0.4, -0.2) is 48.7 Å². The molecule has 0 bridgehead atoms. The molecule has 7 heteroatoms. The summed E-state index contributed by atoms with van der Waals surface area (Å²) in [4.78, 5) is 37.1. The van der Waals surface area contributed by atoms with E-state index in [9.17, 15) is 14.4 Å². The van der Waals surface area contributed by atoms with Gasteiger partial charge in [-0.2, -0.15) is 0 Å². The highest BCUT2D eigenvalue weighted by molar-refractivity contribution is 5.84. The summed E-state index contributed by atoms with van der Waals surface area (Å²) in [6.45, 7) is 4.87. The minimum absolute atomic E-state index is 0.179. The first-order valence-corrected chi connectivity index (χ1v) is 9.86. The van der Waals surface area contributed by atoms with Crippen LogP contribution in [0.25, 0.3) is 0 Å². The molecule has 0 unspecified atom stereocenters. The molecule has 0 aromatic heterocycles. The molecule has 30 heavy (non-hydrogen) atoms. The van der Waals surface area contributed by atoms with E-state index in [4.69, 9.17) is 14.2 Å². The van der Waals surface area contributed by atoms with Crippen molar-refractivity contribution in [2.24, 2.45) is 0 Å². The monoisotopic (exact) mass is 413 g/mol. The van der Waals surface area contributed by atoms with Gasteiger partial charge >= 0.3 is 18.0 Å². The first-order valence-electron chi connectivity index (χ1n) is 9.86. The number of carbonyl (C=O) groups is 3. The van der Waals surface area contributed by atoms with Crippen LogP contribution >= 0.6 is 0 Å². The quantitative estimate of drug-likeness (QED) is 0.368. The SMILES string of the molecule is CCOC(=O)N1CCC=C(C=CC(=O)O[C@H](C)C=CC(=O)OCc2ccccc2)C1. The lowest BCUT2D eigenvalue weighted by atomic mass is 10.1. The Hall–Kier alpha value is -3.35. The maximum atomic E-state index is 12.0. The Labute approximate surface area is 176 Å². The average Bonchev–Trinajstić information content (AvgIpc) is 2.76. The molecule has 0 spiro atoms. The van der Waals surface area contributed by atoms with E-state index >= 15 is 0 Å². The number of amides is 1. The van der Waals surface area contributed by atoms with E-state index in [0.29, 0.717) is 26.1 Å². The van der Waals surface area contributed by atoms with Crippen LogP contribution < -0.4 is 0 Å². The molecule has 7 nitrogen and oxygen atoms in total. The summed E-state index contributed by atoms with van der Waals surface area (Å²) in [7, 11) is 0. The van der Waals surface area contributed by atoms with Crippen LogP contribution in [0.3, 0.4) is 0 Å². The molecule has 1 atom stereocenters. The number of hydrogen-bond acceptors (Lipinski definition) is 6. The van der Waals surface area contributed by atoms with Crippen molar-refractivity contribution in [1.82, 2.24) is 4.90 Å². The molecule has 0 N–H and O–H groups in total. The van der Waals surface area contributed by atoms with Crippen LogP contribution in [-0.2, 0) is 30.4 Å². The molecule has 2 rings (SSSR count). The van der Waals surface area contributed by atoms with Gasteiger partial charge in [0.25, 0.3) is 0 Å². The fourth-order valence-electron chi connectivity index (χ4n) is 2.69. The summed E-state index contributed by atoms with van der Waals surface area (Å²) in [5.41, 5.74) is 1.72. The summed E-state index contributed by atoms with van der Waals surface area (Å²) in [5, 5.41) is 0. The van der Waals surface area contributed by atoms with Gasteiger partial charge in [0.2, 0.25) is 0 Å². The number of benzene rings is 1. The van der Waals surface area contributed by atoms with Crippen LogP contribution in [0.5, 0.6) is 0 Å². The van der Waals surface area contributed by atoms with E-state index in [1.54, 1.807) is 24.8 Å². The maximum absolute atomic E-state index is 12.0. The van der Waals surface area contributed by atoms with Crippen molar-refractivity contribution in [2.45, 2.75) is 33.0 Å². The van der Waals surface area contributed by atoms with E-state index in [1.807, 2.05) is 36.4 Å². The number of ether oxygens (including phenoxy) is 3. The predicted octanol–water partition coefficient (Wildman–Crippen LogP) is 3.56. The second-order valence-corrected chi connectivity index (χ2v) is 6.62. The number of nitrogens with zero attached hydrogens (tertiary/aromatic N) is 1. The van der Waals surface area contributed by atoms with Crippen molar-refractivity contribution >= 4 is 18.0 Å². The zero-order valence-electron chi connectivity index (χ0n) is 17.3. The second-order valence-electron chi connectivity index (χ2n) is 6.62. The van der Waals surface area contributed by atoms with Crippen LogP contribution in [0.1, 0.15) is 25.8 Å². The molecule has 1 amide bonds. The zero-order chi connectivity index (χ0) is 21.8. The first kappa shape index (κ1) is 22.9. The number of rotatable bonds is 8. The lowest BCUT2D eigenvalue weighted by Gasteiger charge is -2.25. The molecule has 0 aliphatic carbocycles.